The smallest absolute Gasteiger partial charge is 0.252 e. The molecule has 1 aromatic carbocycles. The molecule has 4 N–H and O–H groups in total. The molecule has 0 atom stereocenters. The third kappa shape index (κ3) is 2.19. The van der Waals surface area contributed by atoms with Crippen molar-refractivity contribution in [3.63, 3.8) is 0 Å². The Morgan fingerprint density at radius 1 is 1.20 bits per heavy atom. The van der Waals surface area contributed by atoms with Gasteiger partial charge in [-0.2, -0.15) is 0 Å². The van der Waals surface area contributed by atoms with Gasteiger partial charge in [0.2, 0.25) is 5.91 Å². The molecule has 0 aromatic heterocycles. The van der Waals surface area contributed by atoms with Crippen LogP contribution in [0.4, 0.5) is 0 Å². The number of carbonyl (C=O) groups is 2. The molecule has 0 radical (unpaired) electrons. The Hall–Kier alpha value is -1.75. The second-order valence-corrected chi connectivity index (χ2v) is 3.17. The van der Waals surface area contributed by atoms with Crippen molar-refractivity contribution < 1.29 is 14.3 Å². The van der Waals surface area contributed by atoms with Gasteiger partial charge >= 0.3 is 0 Å². The number of nitrogens with two attached hydrogens (primary N) is 2. The number of hydrogen-bond donors (Lipinski definition) is 2. The number of methoxy groups -OCH3 is 1. The first-order valence-electron chi connectivity index (χ1n) is 3.94. The van der Waals surface area contributed by atoms with Gasteiger partial charge in [0.05, 0.1) is 23.3 Å². The van der Waals surface area contributed by atoms with Crippen LogP contribution < -0.4 is 16.2 Å². The van der Waals surface area contributed by atoms with Gasteiger partial charge in [0.1, 0.15) is 5.75 Å². The lowest BCUT2D eigenvalue weighted by Gasteiger charge is -2.08. The molecule has 0 heterocycles. The van der Waals surface area contributed by atoms with Gasteiger partial charge in [0.15, 0.2) is 0 Å². The van der Waals surface area contributed by atoms with E-state index in [-0.39, 0.29) is 21.9 Å². The molecule has 1 aromatic rings. The van der Waals surface area contributed by atoms with Gasteiger partial charge in [-0.1, -0.05) is 11.6 Å². The zero-order chi connectivity index (χ0) is 11.6. The van der Waals surface area contributed by atoms with Gasteiger partial charge < -0.3 is 16.2 Å². The summed E-state index contributed by atoms with van der Waals surface area (Å²) in [5.74, 6) is -1.22. The van der Waals surface area contributed by atoms with Crippen LogP contribution in [-0.4, -0.2) is 18.9 Å². The molecule has 0 aliphatic heterocycles. The summed E-state index contributed by atoms with van der Waals surface area (Å²) in [4.78, 5) is 21.9. The normalized spacial score (nSPS) is 9.73. The van der Waals surface area contributed by atoms with Crippen molar-refractivity contribution in [3.8, 4) is 5.75 Å². The Bertz CT molecular complexity index is 432. The highest BCUT2D eigenvalue weighted by molar-refractivity contribution is 6.34. The Morgan fingerprint density at radius 3 is 2.13 bits per heavy atom. The highest BCUT2D eigenvalue weighted by Crippen LogP contribution is 2.26. The Balaban J connectivity index is 3.42. The first kappa shape index (κ1) is 11.3. The molecule has 0 bridgehead atoms. The molecule has 1 rings (SSSR count). The fourth-order valence-electron chi connectivity index (χ4n) is 1.10. The zero-order valence-electron chi connectivity index (χ0n) is 7.91. The van der Waals surface area contributed by atoms with Gasteiger partial charge in [0.25, 0.3) is 5.91 Å². The van der Waals surface area contributed by atoms with E-state index in [9.17, 15) is 9.59 Å². The highest BCUT2D eigenvalue weighted by Gasteiger charge is 2.15. The van der Waals surface area contributed by atoms with Crippen molar-refractivity contribution in [1.82, 2.24) is 0 Å². The molecule has 0 fully saturated rings. The van der Waals surface area contributed by atoms with Crippen LogP contribution in [0.1, 0.15) is 20.7 Å². The molecule has 6 heteroatoms. The summed E-state index contributed by atoms with van der Waals surface area (Å²) in [6.45, 7) is 0. The summed E-state index contributed by atoms with van der Waals surface area (Å²) in [5.41, 5.74) is 10.3. The fourth-order valence-corrected chi connectivity index (χ4v) is 1.36. The summed E-state index contributed by atoms with van der Waals surface area (Å²) in [7, 11) is 1.35. The molecular weight excluding hydrogens is 220 g/mol. The molecule has 0 saturated carbocycles. The van der Waals surface area contributed by atoms with Crippen molar-refractivity contribution in [2.75, 3.05) is 7.11 Å². The van der Waals surface area contributed by atoms with Crippen molar-refractivity contribution in [1.29, 1.82) is 0 Å². The van der Waals surface area contributed by atoms with E-state index in [1.165, 1.54) is 19.2 Å². The standard InChI is InChI=1S/C9H9ClN2O3/c1-15-7-3-4(8(11)13)6(10)2-5(7)9(12)14/h2-3H,1H3,(H2,11,13)(H2,12,14). The SMILES string of the molecule is COc1cc(C(N)=O)c(Cl)cc1C(N)=O. The average molecular weight is 229 g/mol. The highest BCUT2D eigenvalue weighted by atomic mass is 35.5. The van der Waals surface area contributed by atoms with E-state index in [2.05, 4.69) is 0 Å². The predicted molar refractivity (Wildman–Crippen MR) is 55.0 cm³/mol. The number of primary amides is 2. The van der Waals surface area contributed by atoms with E-state index in [0.29, 0.717) is 0 Å². The van der Waals surface area contributed by atoms with E-state index in [0.717, 1.165) is 0 Å². The van der Waals surface area contributed by atoms with Crippen molar-refractivity contribution >= 4 is 23.4 Å². The molecular formula is C9H9ClN2O3. The molecule has 0 spiro atoms. The zero-order valence-corrected chi connectivity index (χ0v) is 8.67. The van der Waals surface area contributed by atoms with Crippen molar-refractivity contribution in [3.05, 3.63) is 28.3 Å². The van der Waals surface area contributed by atoms with Gasteiger partial charge in [-0.15, -0.1) is 0 Å². The topological polar surface area (TPSA) is 95.4 Å². The Morgan fingerprint density at radius 2 is 1.73 bits per heavy atom. The van der Waals surface area contributed by atoms with Crippen LogP contribution in [0.25, 0.3) is 0 Å². The molecule has 2 amide bonds. The number of rotatable bonds is 3. The number of benzene rings is 1. The van der Waals surface area contributed by atoms with E-state index in [4.69, 9.17) is 27.8 Å². The van der Waals surface area contributed by atoms with Crippen LogP contribution >= 0.6 is 11.6 Å². The summed E-state index contributed by atoms with van der Waals surface area (Å²) >= 11 is 5.73. The quantitative estimate of drug-likeness (QED) is 0.791. The molecule has 0 saturated heterocycles. The second kappa shape index (κ2) is 4.18. The van der Waals surface area contributed by atoms with Crippen LogP contribution in [0.15, 0.2) is 12.1 Å². The lowest BCUT2D eigenvalue weighted by Crippen LogP contribution is -2.16. The molecule has 0 aliphatic carbocycles. The van der Waals surface area contributed by atoms with E-state index >= 15 is 0 Å². The minimum Gasteiger partial charge on any atom is -0.496 e. The first-order valence-corrected chi connectivity index (χ1v) is 4.32. The van der Waals surface area contributed by atoms with Crippen LogP contribution in [-0.2, 0) is 0 Å². The predicted octanol–water partition coefficient (Wildman–Crippen LogP) is 0.546. The molecule has 0 unspecified atom stereocenters. The fraction of sp³-hybridized carbons (Fsp3) is 0.111. The monoisotopic (exact) mass is 228 g/mol. The van der Waals surface area contributed by atoms with Gasteiger partial charge in [-0.05, 0) is 12.1 Å². The molecule has 80 valence electrons. The van der Waals surface area contributed by atoms with Gasteiger partial charge in [-0.3, -0.25) is 9.59 Å². The maximum atomic E-state index is 11.0. The van der Waals surface area contributed by atoms with Crippen LogP contribution in [0.2, 0.25) is 5.02 Å². The average Bonchev–Trinajstić information content (AvgIpc) is 2.16. The van der Waals surface area contributed by atoms with E-state index < -0.39 is 11.8 Å². The number of ether oxygens (including phenoxy) is 1. The lowest BCUT2D eigenvalue weighted by atomic mass is 10.1. The summed E-state index contributed by atoms with van der Waals surface area (Å²) in [6.07, 6.45) is 0. The summed E-state index contributed by atoms with van der Waals surface area (Å²) < 4.78 is 4.89. The van der Waals surface area contributed by atoms with Gasteiger partial charge in [0, 0.05) is 0 Å². The third-order valence-corrected chi connectivity index (χ3v) is 2.13. The first-order chi connectivity index (χ1) is 6.97. The van der Waals surface area contributed by atoms with E-state index in [1.807, 2.05) is 0 Å². The third-order valence-electron chi connectivity index (χ3n) is 1.82. The van der Waals surface area contributed by atoms with Crippen molar-refractivity contribution in [2.24, 2.45) is 11.5 Å². The lowest BCUT2D eigenvalue weighted by molar-refractivity contribution is 0.0985. The largest absolute Gasteiger partial charge is 0.496 e. The van der Waals surface area contributed by atoms with Crippen LogP contribution in [0, 0.1) is 0 Å². The molecule has 0 aliphatic rings. The number of hydrogen-bond acceptors (Lipinski definition) is 3. The minimum absolute atomic E-state index is 0.0668. The minimum atomic E-state index is -0.700. The Kier molecular flexibility index (Phi) is 3.16. The molecule has 5 nitrogen and oxygen atoms in total. The maximum absolute atomic E-state index is 11.0. The summed E-state index contributed by atoms with van der Waals surface area (Å²) in [5, 5.41) is 0.0668. The number of amides is 2. The van der Waals surface area contributed by atoms with Crippen molar-refractivity contribution in [2.45, 2.75) is 0 Å². The number of halogens is 1. The Labute approximate surface area is 90.9 Å². The number of carbonyl (C=O) groups excluding carboxylic acids is 2. The summed E-state index contributed by atoms with van der Waals surface area (Å²) in [6, 6.07) is 2.54. The van der Waals surface area contributed by atoms with E-state index in [1.54, 1.807) is 0 Å². The maximum Gasteiger partial charge on any atom is 0.252 e. The molecule has 15 heavy (non-hydrogen) atoms. The van der Waals surface area contributed by atoms with Crippen LogP contribution in [0.3, 0.4) is 0 Å². The van der Waals surface area contributed by atoms with Gasteiger partial charge in [-0.25, -0.2) is 0 Å². The second-order valence-electron chi connectivity index (χ2n) is 2.76. The van der Waals surface area contributed by atoms with Crippen LogP contribution in [0.5, 0.6) is 5.75 Å².